The first-order chi connectivity index (χ1) is 6.68. The topological polar surface area (TPSA) is 57.6 Å². The summed E-state index contributed by atoms with van der Waals surface area (Å²) in [5, 5.41) is 8.88. The normalized spacial score (nSPS) is 26.6. The highest BCUT2D eigenvalue weighted by Gasteiger charge is 2.36. The van der Waals surface area contributed by atoms with E-state index in [1.54, 1.807) is 0 Å². The molecule has 1 saturated heterocycles. The zero-order valence-corrected chi connectivity index (χ0v) is 8.63. The van der Waals surface area contributed by atoms with Crippen LogP contribution in [0.25, 0.3) is 0 Å². The third-order valence-corrected chi connectivity index (χ3v) is 3.66. The van der Waals surface area contributed by atoms with Crippen molar-refractivity contribution in [2.45, 2.75) is 25.3 Å². The number of carbonyl (C=O) groups excluding carboxylic acids is 1. The van der Waals surface area contributed by atoms with E-state index >= 15 is 0 Å². The Balaban J connectivity index is 1.93. The summed E-state index contributed by atoms with van der Waals surface area (Å²) in [5.74, 6) is 0.750. The lowest BCUT2D eigenvalue weighted by molar-refractivity contribution is -0.147. The third-order valence-electron chi connectivity index (χ3n) is 2.65. The van der Waals surface area contributed by atoms with Crippen LogP contribution in [0.5, 0.6) is 0 Å². The smallest absolute Gasteiger partial charge is 0.327 e. The number of carboxylic acids is 1. The molecule has 0 unspecified atom stereocenters. The lowest BCUT2D eigenvalue weighted by Crippen LogP contribution is -2.41. The Morgan fingerprint density at radius 3 is 2.71 bits per heavy atom. The van der Waals surface area contributed by atoms with Gasteiger partial charge >= 0.3 is 5.97 Å². The highest BCUT2D eigenvalue weighted by molar-refractivity contribution is 7.99. The van der Waals surface area contributed by atoms with Crippen LogP contribution in [0.3, 0.4) is 0 Å². The molecule has 0 aromatic carbocycles. The summed E-state index contributed by atoms with van der Waals surface area (Å²) in [5.41, 5.74) is 0. The summed E-state index contributed by atoms with van der Waals surface area (Å²) in [6.07, 6.45) is 2.80. The first-order valence-corrected chi connectivity index (χ1v) is 5.94. The predicted octanol–water partition coefficient (Wildman–Crippen LogP) is 0.773. The maximum Gasteiger partial charge on any atom is 0.327 e. The molecule has 2 fully saturated rings. The minimum Gasteiger partial charge on any atom is -0.480 e. The fourth-order valence-electron chi connectivity index (χ4n) is 1.58. The number of rotatable bonds is 3. The van der Waals surface area contributed by atoms with Gasteiger partial charge in [-0.1, -0.05) is 0 Å². The van der Waals surface area contributed by atoms with Crippen LogP contribution in [-0.4, -0.2) is 39.6 Å². The third kappa shape index (κ3) is 2.03. The van der Waals surface area contributed by atoms with Gasteiger partial charge in [0, 0.05) is 12.2 Å². The molecule has 1 amide bonds. The van der Waals surface area contributed by atoms with E-state index in [2.05, 4.69) is 0 Å². The van der Waals surface area contributed by atoms with Crippen molar-refractivity contribution < 1.29 is 14.7 Å². The Morgan fingerprint density at radius 1 is 1.43 bits per heavy atom. The zero-order chi connectivity index (χ0) is 10.1. The number of carbonyl (C=O) groups is 2. The molecule has 78 valence electrons. The van der Waals surface area contributed by atoms with Crippen LogP contribution in [0.15, 0.2) is 0 Å². The van der Waals surface area contributed by atoms with Crippen molar-refractivity contribution in [3.63, 3.8) is 0 Å². The highest BCUT2D eigenvalue weighted by atomic mass is 32.2. The zero-order valence-electron chi connectivity index (χ0n) is 7.81. The van der Waals surface area contributed by atoms with Crippen molar-refractivity contribution in [3.8, 4) is 0 Å². The second-order valence-electron chi connectivity index (χ2n) is 3.86. The van der Waals surface area contributed by atoms with Gasteiger partial charge in [0.25, 0.3) is 0 Å². The number of aliphatic carboxylic acids is 1. The van der Waals surface area contributed by atoms with E-state index in [0.717, 1.165) is 12.8 Å². The van der Waals surface area contributed by atoms with E-state index in [1.165, 1.54) is 16.7 Å². The lowest BCUT2D eigenvalue weighted by atomic mass is 10.2. The molecule has 0 radical (unpaired) electrons. The Hall–Kier alpha value is -0.710. The predicted molar refractivity (Wildman–Crippen MR) is 52.9 cm³/mol. The second kappa shape index (κ2) is 3.81. The fourth-order valence-corrected chi connectivity index (χ4v) is 2.75. The monoisotopic (exact) mass is 215 g/mol. The molecule has 1 heterocycles. The number of hydrogen-bond donors (Lipinski definition) is 1. The molecule has 0 bridgehead atoms. The van der Waals surface area contributed by atoms with E-state index in [-0.39, 0.29) is 5.91 Å². The standard InChI is InChI=1S/C9H13NO3S/c11-8(3-6-1-2-6)10-5-14-4-7(10)9(12)13/h6-7H,1-5H2,(H,12,13)/t7-/m0/s1. The number of thioether (sulfide) groups is 1. The van der Waals surface area contributed by atoms with Crippen molar-refractivity contribution >= 4 is 23.6 Å². The Labute approximate surface area is 86.6 Å². The summed E-state index contributed by atoms with van der Waals surface area (Å²) in [4.78, 5) is 24.0. The molecule has 1 saturated carbocycles. The summed E-state index contributed by atoms with van der Waals surface area (Å²) < 4.78 is 0. The maximum atomic E-state index is 11.7. The molecular formula is C9H13NO3S. The van der Waals surface area contributed by atoms with Crippen LogP contribution < -0.4 is 0 Å². The van der Waals surface area contributed by atoms with Crippen LogP contribution >= 0.6 is 11.8 Å². The van der Waals surface area contributed by atoms with E-state index in [1.807, 2.05) is 0 Å². The molecule has 1 N–H and O–H groups in total. The highest BCUT2D eigenvalue weighted by Crippen LogP contribution is 2.34. The Bertz CT molecular complexity index is 265. The molecular weight excluding hydrogens is 202 g/mol. The van der Waals surface area contributed by atoms with Crippen molar-refractivity contribution in [3.05, 3.63) is 0 Å². The van der Waals surface area contributed by atoms with E-state index in [9.17, 15) is 9.59 Å². The Kier molecular flexibility index (Phi) is 2.67. The molecule has 2 aliphatic rings. The van der Waals surface area contributed by atoms with E-state index in [0.29, 0.717) is 24.0 Å². The van der Waals surface area contributed by atoms with E-state index < -0.39 is 12.0 Å². The van der Waals surface area contributed by atoms with Gasteiger partial charge in [-0.3, -0.25) is 4.79 Å². The number of amides is 1. The summed E-state index contributed by atoms with van der Waals surface area (Å²) in [6.45, 7) is 0. The molecule has 4 nitrogen and oxygen atoms in total. The second-order valence-corrected chi connectivity index (χ2v) is 4.86. The minimum absolute atomic E-state index is 0.0184. The van der Waals surface area contributed by atoms with Gasteiger partial charge in [-0.15, -0.1) is 11.8 Å². The van der Waals surface area contributed by atoms with Crippen LogP contribution in [0, 0.1) is 5.92 Å². The van der Waals surface area contributed by atoms with Gasteiger partial charge in [0.15, 0.2) is 0 Å². The van der Waals surface area contributed by atoms with Crippen LogP contribution in [0.4, 0.5) is 0 Å². The van der Waals surface area contributed by atoms with Crippen molar-refractivity contribution in [1.29, 1.82) is 0 Å². The van der Waals surface area contributed by atoms with Crippen LogP contribution in [0.2, 0.25) is 0 Å². The first-order valence-electron chi connectivity index (χ1n) is 4.78. The molecule has 0 spiro atoms. The maximum absolute atomic E-state index is 11.7. The van der Waals surface area contributed by atoms with Gasteiger partial charge in [-0.2, -0.15) is 0 Å². The molecule has 1 atom stereocenters. The quantitative estimate of drug-likeness (QED) is 0.755. The van der Waals surface area contributed by atoms with Gasteiger partial charge in [-0.05, 0) is 18.8 Å². The summed E-state index contributed by atoms with van der Waals surface area (Å²) >= 11 is 1.52. The first kappa shape index (κ1) is 9.83. The lowest BCUT2D eigenvalue weighted by Gasteiger charge is -2.20. The molecule has 1 aliphatic carbocycles. The van der Waals surface area contributed by atoms with Gasteiger partial charge in [0.2, 0.25) is 5.91 Å². The minimum atomic E-state index is -0.876. The van der Waals surface area contributed by atoms with Gasteiger partial charge in [-0.25, -0.2) is 4.79 Å². The van der Waals surface area contributed by atoms with Gasteiger partial charge < -0.3 is 10.0 Å². The SMILES string of the molecule is O=C(O)[C@@H]1CSCN1C(=O)CC1CC1. The molecule has 2 rings (SSSR count). The van der Waals surface area contributed by atoms with Crippen LogP contribution in [-0.2, 0) is 9.59 Å². The van der Waals surface area contributed by atoms with Crippen LogP contribution in [0.1, 0.15) is 19.3 Å². The van der Waals surface area contributed by atoms with Crippen molar-refractivity contribution in [2.24, 2.45) is 5.92 Å². The van der Waals surface area contributed by atoms with Gasteiger partial charge in [0.1, 0.15) is 6.04 Å². The largest absolute Gasteiger partial charge is 0.480 e. The number of nitrogens with zero attached hydrogens (tertiary/aromatic N) is 1. The average Bonchev–Trinajstić information content (AvgIpc) is 2.81. The molecule has 0 aromatic heterocycles. The van der Waals surface area contributed by atoms with Gasteiger partial charge in [0.05, 0.1) is 5.88 Å². The molecule has 5 heteroatoms. The fraction of sp³-hybridized carbons (Fsp3) is 0.778. The number of carboxylic acid groups (broad SMARTS) is 1. The molecule has 14 heavy (non-hydrogen) atoms. The molecule has 0 aromatic rings. The van der Waals surface area contributed by atoms with Crippen molar-refractivity contribution in [2.75, 3.05) is 11.6 Å². The summed E-state index contributed by atoms with van der Waals surface area (Å²) in [6, 6.07) is -0.591. The number of hydrogen-bond acceptors (Lipinski definition) is 3. The Morgan fingerprint density at radius 2 is 2.14 bits per heavy atom. The average molecular weight is 215 g/mol. The van der Waals surface area contributed by atoms with Crippen molar-refractivity contribution in [1.82, 2.24) is 4.90 Å². The molecule has 1 aliphatic heterocycles. The summed E-state index contributed by atoms with van der Waals surface area (Å²) in [7, 11) is 0. The van der Waals surface area contributed by atoms with E-state index in [4.69, 9.17) is 5.11 Å².